The smallest absolute Gasteiger partial charge is 0.277 e. The number of nitrogens with one attached hydrogen (secondary N) is 1. The molecule has 0 aliphatic carbocycles. The number of anilines is 1. The highest BCUT2D eigenvalue weighted by Gasteiger charge is 2.12. The number of carbonyl (C=O) groups excluding carboxylic acids is 1. The van der Waals surface area contributed by atoms with Gasteiger partial charge in [0.25, 0.3) is 5.91 Å². The fourth-order valence-corrected chi connectivity index (χ4v) is 1.57. The minimum atomic E-state index is -0.313. The van der Waals surface area contributed by atoms with Gasteiger partial charge in [-0.25, -0.2) is 4.98 Å². The predicted octanol–water partition coefficient (Wildman–Crippen LogP) is 3.20. The molecular weight excluding hydrogens is 240 g/mol. The second kappa shape index (κ2) is 4.59. The van der Waals surface area contributed by atoms with E-state index in [-0.39, 0.29) is 11.6 Å². The number of benzene rings is 1. The van der Waals surface area contributed by atoms with Gasteiger partial charge in [-0.05, 0) is 24.6 Å². The molecule has 2 rings (SSSR count). The van der Waals surface area contributed by atoms with Crippen LogP contribution >= 0.6 is 11.6 Å². The van der Waals surface area contributed by atoms with Crippen molar-refractivity contribution >= 4 is 23.2 Å². The average Bonchev–Trinajstić information content (AvgIpc) is 2.72. The van der Waals surface area contributed by atoms with Crippen molar-refractivity contribution in [2.75, 3.05) is 5.32 Å². The van der Waals surface area contributed by atoms with Crippen LogP contribution in [0, 0.1) is 13.8 Å². The van der Waals surface area contributed by atoms with E-state index < -0.39 is 0 Å². The van der Waals surface area contributed by atoms with Gasteiger partial charge in [0.15, 0.2) is 11.6 Å². The summed E-state index contributed by atoms with van der Waals surface area (Å²) in [6.45, 7) is 3.52. The van der Waals surface area contributed by atoms with E-state index in [9.17, 15) is 4.79 Å². The maximum absolute atomic E-state index is 11.8. The van der Waals surface area contributed by atoms with Crippen molar-refractivity contribution in [3.8, 4) is 0 Å². The number of oxazole rings is 1. The van der Waals surface area contributed by atoms with Crippen molar-refractivity contribution in [2.24, 2.45) is 0 Å². The van der Waals surface area contributed by atoms with E-state index in [2.05, 4.69) is 10.3 Å². The minimum Gasteiger partial charge on any atom is -0.448 e. The number of amides is 1. The Morgan fingerprint density at radius 1 is 1.41 bits per heavy atom. The van der Waals surface area contributed by atoms with Crippen molar-refractivity contribution in [1.82, 2.24) is 4.98 Å². The van der Waals surface area contributed by atoms with Gasteiger partial charge < -0.3 is 9.73 Å². The van der Waals surface area contributed by atoms with Gasteiger partial charge in [-0.3, -0.25) is 4.79 Å². The molecule has 0 bridgehead atoms. The van der Waals surface area contributed by atoms with Crippen LogP contribution in [0.1, 0.15) is 21.9 Å². The Morgan fingerprint density at radius 2 is 2.18 bits per heavy atom. The Hall–Kier alpha value is -1.81. The first-order valence-electron chi connectivity index (χ1n) is 5.06. The first kappa shape index (κ1) is 11.7. The summed E-state index contributed by atoms with van der Waals surface area (Å²) in [6.07, 6.45) is 1.32. The highest BCUT2D eigenvalue weighted by Crippen LogP contribution is 2.23. The second-order valence-corrected chi connectivity index (χ2v) is 4.03. The number of carbonyl (C=O) groups is 1. The van der Waals surface area contributed by atoms with Gasteiger partial charge in [-0.2, -0.15) is 0 Å². The molecule has 0 saturated carbocycles. The molecule has 0 radical (unpaired) electrons. The Labute approximate surface area is 104 Å². The quantitative estimate of drug-likeness (QED) is 0.891. The molecule has 1 heterocycles. The van der Waals surface area contributed by atoms with Crippen LogP contribution in [0.2, 0.25) is 5.02 Å². The molecule has 88 valence electrons. The van der Waals surface area contributed by atoms with Crippen molar-refractivity contribution in [2.45, 2.75) is 13.8 Å². The Kier molecular flexibility index (Phi) is 3.15. The Morgan fingerprint density at radius 3 is 2.82 bits per heavy atom. The first-order valence-corrected chi connectivity index (χ1v) is 5.44. The number of aromatic nitrogens is 1. The van der Waals surface area contributed by atoms with Gasteiger partial charge in [0.05, 0.1) is 0 Å². The highest BCUT2D eigenvalue weighted by molar-refractivity contribution is 6.31. The Balaban J connectivity index is 2.21. The van der Waals surface area contributed by atoms with Crippen LogP contribution in [0.15, 0.2) is 28.9 Å². The molecule has 0 saturated heterocycles. The van der Waals surface area contributed by atoms with Crippen LogP contribution in [0.25, 0.3) is 0 Å². The molecular formula is C12H11ClN2O2. The summed E-state index contributed by atoms with van der Waals surface area (Å²) in [5.41, 5.74) is 1.74. The van der Waals surface area contributed by atoms with Crippen LogP contribution < -0.4 is 5.32 Å². The van der Waals surface area contributed by atoms with Gasteiger partial charge in [-0.1, -0.05) is 17.7 Å². The fraction of sp³-hybridized carbons (Fsp3) is 0.167. The van der Waals surface area contributed by atoms with Crippen LogP contribution in [0.5, 0.6) is 0 Å². The lowest BCUT2D eigenvalue weighted by Crippen LogP contribution is -2.13. The van der Waals surface area contributed by atoms with Gasteiger partial charge in [-0.15, -0.1) is 0 Å². The van der Waals surface area contributed by atoms with E-state index in [1.165, 1.54) is 6.26 Å². The molecule has 2 aromatic rings. The van der Waals surface area contributed by atoms with Crippen LogP contribution in [-0.2, 0) is 0 Å². The number of hydrogen-bond donors (Lipinski definition) is 1. The molecule has 5 heteroatoms. The maximum Gasteiger partial charge on any atom is 0.277 e. The number of halogens is 1. The topological polar surface area (TPSA) is 55.1 Å². The number of nitrogens with zero attached hydrogens (tertiary/aromatic N) is 1. The standard InChI is InChI=1S/C12H11ClN2O2/c1-7-9(13)4-3-5-10(7)15-12(16)11-6-17-8(2)14-11/h3-6H,1-2H3,(H,15,16). The summed E-state index contributed by atoms with van der Waals surface area (Å²) in [4.78, 5) is 15.8. The van der Waals surface area contributed by atoms with E-state index in [1.54, 1.807) is 25.1 Å². The summed E-state index contributed by atoms with van der Waals surface area (Å²) in [7, 11) is 0. The third kappa shape index (κ3) is 2.47. The average molecular weight is 251 g/mol. The first-order chi connectivity index (χ1) is 8.08. The maximum atomic E-state index is 11.8. The summed E-state index contributed by atoms with van der Waals surface area (Å²) in [6, 6.07) is 5.33. The second-order valence-electron chi connectivity index (χ2n) is 3.62. The largest absolute Gasteiger partial charge is 0.448 e. The summed E-state index contributed by atoms with van der Waals surface area (Å²) >= 11 is 5.96. The van der Waals surface area contributed by atoms with Crippen LogP contribution in [0.3, 0.4) is 0 Å². The third-order valence-corrected chi connectivity index (χ3v) is 2.78. The molecule has 0 unspecified atom stereocenters. The number of hydrogen-bond acceptors (Lipinski definition) is 3. The summed E-state index contributed by atoms with van der Waals surface area (Å²) in [5, 5.41) is 3.35. The van der Waals surface area contributed by atoms with E-state index in [0.717, 1.165) is 5.56 Å². The lowest BCUT2D eigenvalue weighted by atomic mass is 10.2. The molecule has 17 heavy (non-hydrogen) atoms. The number of aryl methyl sites for hydroxylation is 1. The predicted molar refractivity (Wildman–Crippen MR) is 65.4 cm³/mol. The molecule has 0 atom stereocenters. The molecule has 4 nitrogen and oxygen atoms in total. The lowest BCUT2D eigenvalue weighted by Gasteiger charge is -2.07. The lowest BCUT2D eigenvalue weighted by molar-refractivity contribution is 0.102. The van der Waals surface area contributed by atoms with Crippen molar-refractivity contribution in [1.29, 1.82) is 0 Å². The Bertz CT molecular complexity index is 563. The van der Waals surface area contributed by atoms with Gasteiger partial charge in [0.1, 0.15) is 6.26 Å². The number of rotatable bonds is 2. The molecule has 0 aliphatic rings. The van der Waals surface area contributed by atoms with Crippen molar-refractivity contribution in [3.05, 3.63) is 46.6 Å². The van der Waals surface area contributed by atoms with Crippen LogP contribution in [-0.4, -0.2) is 10.9 Å². The van der Waals surface area contributed by atoms with Crippen molar-refractivity contribution < 1.29 is 9.21 Å². The van der Waals surface area contributed by atoms with E-state index >= 15 is 0 Å². The monoisotopic (exact) mass is 250 g/mol. The molecule has 1 aromatic carbocycles. The van der Waals surface area contributed by atoms with E-state index in [0.29, 0.717) is 16.6 Å². The molecule has 0 aliphatic heterocycles. The van der Waals surface area contributed by atoms with E-state index in [1.807, 2.05) is 6.92 Å². The SMILES string of the molecule is Cc1nc(C(=O)Nc2cccc(Cl)c2C)co1. The molecule has 0 spiro atoms. The van der Waals surface area contributed by atoms with E-state index in [4.69, 9.17) is 16.0 Å². The van der Waals surface area contributed by atoms with Crippen LogP contribution in [0.4, 0.5) is 5.69 Å². The van der Waals surface area contributed by atoms with Gasteiger partial charge >= 0.3 is 0 Å². The highest BCUT2D eigenvalue weighted by atomic mass is 35.5. The zero-order valence-corrected chi connectivity index (χ0v) is 10.2. The fourth-order valence-electron chi connectivity index (χ4n) is 1.40. The zero-order chi connectivity index (χ0) is 12.4. The normalized spacial score (nSPS) is 10.3. The molecule has 1 aromatic heterocycles. The third-order valence-electron chi connectivity index (χ3n) is 2.37. The molecule has 0 fully saturated rings. The minimum absolute atomic E-state index is 0.252. The van der Waals surface area contributed by atoms with Gasteiger partial charge in [0, 0.05) is 17.6 Å². The summed E-state index contributed by atoms with van der Waals surface area (Å²) < 4.78 is 4.98. The van der Waals surface area contributed by atoms with Crippen molar-refractivity contribution in [3.63, 3.8) is 0 Å². The van der Waals surface area contributed by atoms with Gasteiger partial charge in [0.2, 0.25) is 0 Å². The zero-order valence-electron chi connectivity index (χ0n) is 9.45. The molecule has 1 N–H and O–H groups in total. The molecule has 1 amide bonds. The summed E-state index contributed by atoms with van der Waals surface area (Å²) in [5.74, 6) is 0.144.